The van der Waals surface area contributed by atoms with Crippen molar-refractivity contribution in [3.05, 3.63) is 0 Å². The fraction of sp³-hybridized carbons (Fsp3) is 0.941. The molecule has 3 unspecified atom stereocenters. The molecule has 0 saturated carbocycles. The van der Waals surface area contributed by atoms with Gasteiger partial charge in [0.1, 0.15) is 0 Å². The molecule has 0 radical (unpaired) electrons. The van der Waals surface area contributed by atoms with Gasteiger partial charge in [-0.05, 0) is 50.1 Å². The molecule has 21 heavy (non-hydrogen) atoms. The van der Waals surface area contributed by atoms with E-state index in [0.29, 0.717) is 0 Å². The quantitative estimate of drug-likeness (QED) is 0.637. The molecule has 4 heteroatoms. The number of aliphatic imine (C=N–C) groups is 1. The van der Waals surface area contributed by atoms with Crippen LogP contribution in [-0.4, -0.2) is 62.1 Å². The Morgan fingerprint density at radius 2 is 1.90 bits per heavy atom. The zero-order chi connectivity index (χ0) is 15.2. The van der Waals surface area contributed by atoms with Gasteiger partial charge in [-0.1, -0.05) is 20.8 Å². The average molecular weight is 294 g/mol. The molecule has 4 nitrogen and oxygen atoms in total. The maximum Gasteiger partial charge on any atom is 0.193 e. The minimum absolute atomic E-state index is 0.777. The Bertz CT molecular complexity index is 332. The second-order valence-corrected chi connectivity index (χ2v) is 7.23. The molecule has 0 spiro atoms. The van der Waals surface area contributed by atoms with Crippen molar-refractivity contribution < 1.29 is 0 Å². The zero-order valence-corrected chi connectivity index (χ0v) is 14.4. The summed E-state index contributed by atoms with van der Waals surface area (Å²) in [6.45, 7) is 14.1. The van der Waals surface area contributed by atoms with E-state index in [4.69, 9.17) is 0 Å². The van der Waals surface area contributed by atoms with Crippen LogP contribution in [0.5, 0.6) is 0 Å². The van der Waals surface area contributed by atoms with Crippen LogP contribution in [0.2, 0.25) is 0 Å². The van der Waals surface area contributed by atoms with Crippen molar-refractivity contribution in [3.8, 4) is 0 Å². The molecule has 0 aromatic rings. The first kappa shape index (κ1) is 16.6. The summed E-state index contributed by atoms with van der Waals surface area (Å²) < 4.78 is 0. The highest BCUT2D eigenvalue weighted by atomic mass is 15.3. The first-order chi connectivity index (χ1) is 10.1. The number of likely N-dealkylation sites (tertiary alicyclic amines) is 2. The molecule has 0 amide bonds. The van der Waals surface area contributed by atoms with Crippen molar-refractivity contribution in [2.45, 2.75) is 40.0 Å². The number of piperidine rings is 1. The molecule has 0 bridgehead atoms. The number of hydrogen-bond donors (Lipinski definition) is 1. The molecule has 0 aromatic heterocycles. The Morgan fingerprint density at radius 3 is 2.52 bits per heavy atom. The van der Waals surface area contributed by atoms with Gasteiger partial charge in [0.25, 0.3) is 0 Å². The first-order valence-corrected chi connectivity index (χ1v) is 8.80. The van der Waals surface area contributed by atoms with Crippen LogP contribution in [0.3, 0.4) is 0 Å². The summed E-state index contributed by atoms with van der Waals surface area (Å²) in [6.07, 6.45) is 3.95. The van der Waals surface area contributed by atoms with Crippen LogP contribution in [0.25, 0.3) is 0 Å². The topological polar surface area (TPSA) is 30.9 Å². The van der Waals surface area contributed by atoms with Crippen LogP contribution in [-0.2, 0) is 0 Å². The van der Waals surface area contributed by atoms with Crippen molar-refractivity contribution in [2.75, 3.05) is 46.3 Å². The summed E-state index contributed by atoms with van der Waals surface area (Å²) in [5.74, 6) is 3.45. The first-order valence-electron chi connectivity index (χ1n) is 8.80. The number of hydrogen-bond acceptors (Lipinski definition) is 2. The fourth-order valence-corrected chi connectivity index (χ4v) is 4.00. The molecule has 2 fully saturated rings. The van der Waals surface area contributed by atoms with Crippen LogP contribution >= 0.6 is 0 Å². The lowest BCUT2D eigenvalue weighted by atomic mass is 9.92. The molecule has 0 aliphatic carbocycles. The summed E-state index contributed by atoms with van der Waals surface area (Å²) in [5, 5.41) is 3.63. The standard InChI is InChI=1S/C17H34N4/c1-5-7-20-8-6-16(13-20)10-19-17(18-4)21-11-14(2)9-15(3)12-21/h14-16H,5-13H2,1-4H3,(H,18,19). The molecule has 3 atom stereocenters. The van der Waals surface area contributed by atoms with Gasteiger partial charge in [-0.3, -0.25) is 4.99 Å². The normalized spacial score (nSPS) is 31.7. The van der Waals surface area contributed by atoms with Crippen LogP contribution in [0.15, 0.2) is 4.99 Å². The van der Waals surface area contributed by atoms with Crippen molar-refractivity contribution in [2.24, 2.45) is 22.7 Å². The van der Waals surface area contributed by atoms with Crippen molar-refractivity contribution in [1.82, 2.24) is 15.1 Å². The van der Waals surface area contributed by atoms with E-state index >= 15 is 0 Å². The van der Waals surface area contributed by atoms with Crippen molar-refractivity contribution in [1.29, 1.82) is 0 Å². The van der Waals surface area contributed by atoms with E-state index in [9.17, 15) is 0 Å². The summed E-state index contributed by atoms with van der Waals surface area (Å²) in [5.41, 5.74) is 0. The molecule has 2 rings (SSSR count). The van der Waals surface area contributed by atoms with Crippen LogP contribution in [0.4, 0.5) is 0 Å². The molecular formula is C17H34N4. The largest absolute Gasteiger partial charge is 0.356 e. The lowest BCUT2D eigenvalue weighted by Gasteiger charge is -2.37. The van der Waals surface area contributed by atoms with Crippen LogP contribution < -0.4 is 5.32 Å². The smallest absolute Gasteiger partial charge is 0.193 e. The Hall–Kier alpha value is -0.770. The number of nitrogens with zero attached hydrogens (tertiary/aromatic N) is 3. The Morgan fingerprint density at radius 1 is 1.19 bits per heavy atom. The van der Waals surface area contributed by atoms with Gasteiger partial charge in [0.2, 0.25) is 0 Å². The average Bonchev–Trinajstić information content (AvgIpc) is 2.86. The Labute approximate surface area is 131 Å². The zero-order valence-electron chi connectivity index (χ0n) is 14.4. The van der Waals surface area contributed by atoms with Crippen molar-refractivity contribution in [3.63, 3.8) is 0 Å². The number of rotatable bonds is 4. The summed E-state index contributed by atoms with van der Waals surface area (Å²) >= 11 is 0. The maximum absolute atomic E-state index is 4.51. The molecule has 2 aliphatic rings. The fourth-order valence-electron chi connectivity index (χ4n) is 4.00. The SMILES string of the molecule is CCCN1CCC(CNC(=NC)N2CC(C)CC(C)C2)C1. The second kappa shape index (κ2) is 8.02. The Balaban J connectivity index is 1.78. The number of guanidine groups is 1. The molecule has 2 aliphatic heterocycles. The second-order valence-electron chi connectivity index (χ2n) is 7.23. The predicted octanol–water partition coefficient (Wildman–Crippen LogP) is 2.27. The van der Waals surface area contributed by atoms with E-state index in [2.05, 4.69) is 40.9 Å². The highest BCUT2D eigenvalue weighted by Crippen LogP contribution is 2.21. The molecular weight excluding hydrogens is 260 g/mol. The van der Waals surface area contributed by atoms with E-state index in [1.54, 1.807) is 0 Å². The number of nitrogens with one attached hydrogen (secondary N) is 1. The summed E-state index contributed by atoms with van der Waals surface area (Å²) in [4.78, 5) is 9.57. The van der Waals surface area contributed by atoms with E-state index < -0.39 is 0 Å². The van der Waals surface area contributed by atoms with Gasteiger partial charge in [0, 0.05) is 33.2 Å². The summed E-state index contributed by atoms with van der Waals surface area (Å²) in [6, 6.07) is 0. The van der Waals surface area contributed by atoms with Crippen LogP contribution in [0.1, 0.15) is 40.0 Å². The van der Waals surface area contributed by atoms with E-state index in [-0.39, 0.29) is 0 Å². The van der Waals surface area contributed by atoms with Crippen LogP contribution in [0, 0.1) is 17.8 Å². The predicted molar refractivity (Wildman–Crippen MR) is 90.7 cm³/mol. The Kier molecular flexibility index (Phi) is 6.34. The van der Waals surface area contributed by atoms with Gasteiger partial charge >= 0.3 is 0 Å². The van der Waals surface area contributed by atoms with Gasteiger partial charge < -0.3 is 15.1 Å². The molecule has 0 aromatic carbocycles. The molecule has 2 saturated heterocycles. The third-order valence-electron chi connectivity index (χ3n) is 4.84. The van der Waals surface area contributed by atoms with Crippen molar-refractivity contribution >= 4 is 5.96 Å². The maximum atomic E-state index is 4.51. The van der Waals surface area contributed by atoms with E-state index in [1.807, 2.05) is 7.05 Å². The van der Waals surface area contributed by atoms with Gasteiger partial charge in [0.15, 0.2) is 5.96 Å². The minimum Gasteiger partial charge on any atom is -0.356 e. The minimum atomic E-state index is 0.777. The third-order valence-corrected chi connectivity index (χ3v) is 4.84. The van der Waals surface area contributed by atoms with Gasteiger partial charge in [-0.15, -0.1) is 0 Å². The van der Waals surface area contributed by atoms with Gasteiger partial charge in [-0.2, -0.15) is 0 Å². The highest BCUT2D eigenvalue weighted by Gasteiger charge is 2.26. The molecule has 1 N–H and O–H groups in total. The molecule has 122 valence electrons. The van der Waals surface area contributed by atoms with E-state index in [0.717, 1.165) is 43.3 Å². The van der Waals surface area contributed by atoms with Gasteiger partial charge in [-0.25, -0.2) is 0 Å². The third kappa shape index (κ3) is 4.87. The lowest BCUT2D eigenvalue weighted by Crippen LogP contribution is -2.49. The lowest BCUT2D eigenvalue weighted by molar-refractivity contribution is 0.208. The highest BCUT2D eigenvalue weighted by molar-refractivity contribution is 5.80. The van der Waals surface area contributed by atoms with E-state index in [1.165, 1.54) is 38.9 Å². The van der Waals surface area contributed by atoms with Gasteiger partial charge in [0.05, 0.1) is 0 Å². The monoisotopic (exact) mass is 294 g/mol. The molecule has 2 heterocycles. The summed E-state index contributed by atoms with van der Waals surface area (Å²) in [7, 11) is 1.92.